The highest BCUT2D eigenvalue weighted by Gasteiger charge is 2.40. The molecule has 0 saturated carbocycles. The summed E-state index contributed by atoms with van der Waals surface area (Å²) in [5, 5.41) is 9.68. The van der Waals surface area contributed by atoms with Gasteiger partial charge in [0.2, 0.25) is 0 Å². The molecule has 0 fully saturated rings. The molecule has 2 atom stereocenters. The van der Waals surface area contributed by atoms with E-state index in [4.69, 9.17) is 9.16 Å². The Bertz CT molecular complexity index is 269. The van der Waals surface area contributed by atoms with Crippen LogP contribution in [0, 0.1) is 0 Å². The molecule has 0 radical (unpaired) electrons. The van der Waals surface area contributed by atoms with Crippen molar-refractivity contribution in [1.82, 2.24) is 0 Å². The molecule has 0 aliphatic rings. The number of aliphatic hydroxyl groups excluding tert-OH is 1. The van der Waals surface area contributed by atoms with Gasteiger partial charge in [-0.05, 0) is 31.5 Å². The molecule has 0 aliphatic carbocycles. The van der Waals surface area contributed by atoms with Crippen LogP contribution in [0.5, 0.6) is 0 Å². The zero-order valence-electron chi connectivity index (χ0n) is 13.0. The van der Waals surface area contributed by atoms with Crippen LogP contribution < -0.4 is 0 Å². The molecule has 4 heteroatoms. The van der Waals surface area contributed by atoms with E-state index >= 15 is 0 Å². The monoisotopic (exact) mass is 274 g/mol. The van der Waals surface area contributed by atoms with Crippen molar-refractivity contribution in [2.24, 2.45) is 0 Å². The van der Waals surface area contributed by atoms with Crippen LogP contribution in [-0.2, 0) is 9.16 Å². The van der Waals surface area contributed by atoms with Crippen LogP contribution >= 0.6 is 0 Å². The minimum atomic E-state index is -1.89. The van der Waals surface area contributed by atoms with E-state index in [0.717, 1.165) is 12.0 Å². The van der Waals surface area contributed by atoms with Crippen molar-refractivity contribution >= 4 is 8.32 Å². The van der Waals surface area contributed by atoms with Gasteiger partial charge in [-0.2, -0.15) is 0 Å². The second-order valence-electron chi connectivity index (χ2n) is 6.53. The molecule has 0 bridgehead atoms. The molecule has 0 spiro atoms. The summed E-state index contributed by atoms with van der Waals surface area (Å²) in [5.74, 6) is 0. The number of aliphatic hydroxyl groups is 1. The second-order valence-corrected chi connectivity index (χ2v) is 11.3. The van der Waals surface area contributed by atoms with E-state index in [1.807, 2.05) is 6.92 Å². The van der Waals surface area contributed by atoms with Gasteiger partial charge < -0.3 is 14.3 Å². The highest BCUT2D eigenvalue weighted by Crippen LogP contribution is 2.38. The van der Waals surface area contributed by atoms with Crippen molar-refractivity contribution in [3.63, 3.8) is 0 Å². The van der Waals surface area contributed by atoms with Gasteiger partial charge in [-0.15, -0.1) is 6.58 Å². The molecule has 1 N–H and O–H groups in total. The average Bonchev–Trinajstić information content (AvgIpc) is 2.20. The summed E-state index contributed by atoms with van der Waals surface area (Å²) in [4.78, 5) is 0. The largest absolute Gasteiger partial charge is 0.409 e. The van der Waals surface area contributed by atoms with E-state index in [1.54, 1.807) is 7.11 Å². The van der Waals surface area contributed by atoms with Gasteiger partial charge >= 0.3 is 0 Å². The van der Waals surface area contributed by atoms with Crippen molar-refractivity contribution in [2.75, 3.05) is 13.7 Å². The maximum Gasteiger partial charge on any atom is 0.192 e. The molecule has 0 aliphatic heterocycles. The van der Waals surface area contributed by atoms with Gasteiger partial charge in [-0.3, -0.25) is 0 Å². The molecule has 0 amide bonds. The normalized spacial score (nSPS) is 16.4. The van der Waals surface area contributed by atoms with Crippen molar-refractivity contribution in [1.29, 1.82) is 0 Å². The van der Waals surface area contributed by atoms with Gasteiger partial charge in [0.05, 0.1) is 18.8 Å². The van der Waals surface area contributed by atoms with E-state index in [-0.39, 0.29) is 23.9 Å². The van der Waals surface area contributed by atoms with E-state index in [2.05, 4.69) is 40.4 Å². The lowest BCUT2D eigenvalue weighted by Crippen LogP contribution is -2.48. The molecular weight excluding hydrogens is 244 g/mol. The minimum absolute atomic E-state index is 0.0156. The van der Waals surface area contributed by atoms with Gasteiger partial charge in [0.25, 0.3) is 0 Å². The first kappa shape index (κ1) is 17.8. The Kier molecular flexibility index (Phi) is 6.78. The van der Waals surface area contributed by atoms with Crippen molar-refractivity contribution in [3.05, 3.63) is 12.2 Å². The lowest BCUT2D eigenvalue weighted by Gasteiger charge is -2.40. The lowest BCUT2D eigenvalue weighted by atomic mass is 10.1. The Morgan fingerprint density at radius 2 is 1.78 bits per heavy atom. The summed E-state index contributed by atoms with van der Waals surface area (Å²) in [6.07, 6.45) is 0.324. The fraction of sp³-hybridized carbons (Fsp3) is 0.857. The fourth-order valence-corrected chi connectivity index (χ4v) is 2.83. The van der Waals surface area contributed by atoms with Gasteiger partial charge in [0.1, 0.15) is 0 Å². The average molecular weight is 274 g/mol. The zero-order valence-corrected chi connectivity index (χ0v) is 14.0. The highest BCUT2D eigenvalue weighted by atomic mass is 28.4. The summed E-state index contributed by atoms with van der Waals surface area (Å²) < 4.78 is 11.7. The Balaban J connectivity index is 4.82. The second kappa shape index (κ2) is 6.85. The maximum atomic E-state index is 9.56. The molecule has 0 aromatic carbocycles. The molecule has 0 heterocycles. The molecule has 0 unspecified atom stereocenters. The van der Waals surface area contributed by atoms with E-state index < -0.39 is 8.32 Å². The predicted octanol–water partition coefficient (Wildman–Crippen LogP) is 3.35. The van der Waals surface area contributed by atoms with E-state index in [0.29, 0.717) is 0 Å². The summed E-state index contributed by atoms with van der Waals surface area (Å²) in [6, 6.07) is 0. The summed E-state index contributed by atoms with van der Waals surface area (Å²) in [6.45, 7) is 16.8. The van der Waals surface area contributed by atoms with Crippen molar-refractivity contribution < 1.29 is 14.3 Å². The molecular formula is C14H30O3Si. The Labute approximate surface area is 113 Å². The summed E-state index contributed by atoms with van der Waals surface area (Å²) in [7, 11) is -0.231. The van der Waals surface area contributed by atoms with Crippen LogP contribution in [0.4, 0.5) is 0 Å². The van der Waals surface area contributed by atoms with Crippen LogP contribution in [0.3, 0.4) is 0 Å². The maximum absolute atomic E-state index is 9.56. The van der Waals surface area contributed by atoms with Crippen LogP contribution in [0.1, 0.15) is 34.1 Å². The van der Waals surface area contributed by atoms with Gasteiger partial charge in [0, 0.05) is 7.11 Å². The number of hydrogen-bond donors (Lipinski definition) is 1. The van der Waals surface area contributed by atoms with Crippen LogP contribution in [-0.4, -0.2) is 39.3 Å². The Morgan fingerprint density at radius 1 is 1.28 bits per heavy atom. The van der Waals surface area contributed by atoms with E-state index in [9.17, 15) is 5.11 Å². The number of ether oxygens (including phenoxy) is 1. The first-order chi connectivity index (χ1) is 8.05. The number of methoxy groups -OCH3 is 1. The standard InChI is InChI=1S/C14H30O3Si/c1-11(2)9-12(16-6)13(10-15)17-18(7,8)14(3,4)5/h12-13,15H,1,9-10H2,2-8H3/t12-,13-/m1/s1. The third-order valence-corrected chi connectivity index (χ3v) is 8.20. The van der Waals surface area contributed by atoms with Crippen LogP contribution in [0.2, 0.25) is 18.1 Å². The van der Waals surface area contributed by atoms with E-state index in [1.165, 1.54) is 0 Å². The van der Waals surface area contributed by atoms with Crippen LogP contribution in [0.25, 0.3) is 0 Å². The first-order valence-electron chi connectivity index (χ1n) is 6.51. The first-order valence-corrected chi connectivity index (χ1v) is 9.42. The quantitative estimate of drug-likeness (QED) is 0.571. The number of rotatable bonds is 7. The Hall–Kier alpha value is -0.163. The zero-order chi connectivity index (χ0) is 14.6. The van der Waals surface area contributed by atoms with Crippen molar-refractivity contribution in [3.8, 4) is 0 Å². The molecule has 3 nitrogen and oxygen atoms in total. The highest BCUT2D eigenvalue weighted by molar-refractivity contribution is 6.74. The van der Waals surface area contributed by atoms with Gasteiger partial charge in [-0.25, -0.2) is 0 Å². The number of hydrogen-bond acceptors (Lipinski definition) is 3. The topological polar surface area (TPSA) is 38.7 Å². The molecule has 18 heavy (non-hydrogen) atoms. The van der Waals surface area contributed by atoms with Crippen molar-refractivity contribution in [2.45, 2.75) is 64.5 Å². The smallest absolute Gasteiger partial charge is 0.192 e. The molecule has 0 rings (SSSR count). The predicted molar refractivity (Wildman–Crippen MR) is 79.4 cm³/mol. The molecule has 0 aromatic heterocycles. The Morgan fingerprint density at radius 3 is 2.06 bits per heavy atom. The van der Waals surface area contributed by atoms with Gasteiger partial charge in [-0.1, -0.05) is 26.3 Å². The fourth-order valence-electron chi connectivity index (χ4n) is 1.50. The van der Waals surface area contributed by atoms with Gasteiger partial charge in [0.15, 0.2) is 8.32 Å². The summed E-state index contributed by atoms with van der Waals surface area (Å²) >= 11 is 0. The minimum Gasteiger partial charge on any atom is -0.409 e. The molecule has 0 aromatic rings. The third-order valence-electron chi connectivity index (χ3n) is 3.70. The molecule has 108 valence electrons. The van der Waals surface area contributed by atoms with Crippen LogP contribution in [0.15, 0.2) is 12.2 Å². The summed E-state index contributed by atoms with van der Waals surface area (Å²) in [5.41, 5.74) is 1.04. The lowest BCUT2D eigenvalue weighted by molar-refractivity contribution is -0.0296. The molecule has 0 saturated heterocycles. The SMILES string of the molecule is C=C(C)C[C@@H](OC)[C@@H](CO)O[Si](C)(C)C(C)(C)C. The third kappa shape index (κ3) is 5.22.